The molecular formula is C25H23B. The molecule has 4 aromatic carbocycles. The number of hydrogen-bond donors (Lipinski definition) is 0. The van der Waals surface area contributed by atoms with E-state index in [0.29, 0.717) is 0 Å². The van der Waals surface area contributed by atoms with E-state index in [0.717, 1.165) is 6.32 Å². The van der Waals surface area contributed by atoms with Crippen LogP contribution in [0.3, 0.4) is 0 Å². The molecule has 0 saturated heterocycles. The topological polar surface area (TPSA) is 0 Å². The van der Waals surface area contributed by atoms with Crippen LogP contribution >= 0.6 is 0 Å². The van der Waals surface area contributed by atoms with Gasteiger partial charge in [-0.2, -0.15) is 16.4 Å². The molecule has 0 aromatic heterocycles. The summed E-state index contributed by atoms with van der Waals surface area (Å²) in [6, 6.07) is 43.8. The average molecular weight is 334 g/mol. The lowest BCUT2D eigenvalue weighted by molar-refractivity contribution is 1.35. The van der Waals surface area contributed by atoms with Crippen molar-refractivity contribution in [2.24, 2.45) is 0 Å². The highest BCUT2D eigenvalue weighted by Crippen LogP contribution is 2.14. The van der Waals surface area contributed by atoms with Crippen LogP contribution in [0.4, 0.5) is 0 Å². The number of benzene rings is 4. The van der Waals surface area contributed by atoms with Gasteiger partial charge in [-0.3, -0.25) is 0 Å². The summed E-state index contributed by atoms with van der Waals surface area (Å²) in [6.07, 6.45) is -0.109. The molecule has 0 aliphatic rings. The van der Waals surface area contributed by atoms with Gasteiger partial charge >= 0.3 is 1.43 Å². The molecule has 126 valence electrons. The Morgan fingerprint density at radius 3 is 1.08 bits per heavy atom. The van der Waals surface area contributed by atoms with Gasteiger partial charge in [-0.25, -0.2) is 0 Å². The summed E-state index contributed by atoms with van der Waals surface area (Å²) in [6.45, 7) is 0. The van der Waals surface area contributed by atoms with Gasteiger partial charge in [0.2, 0.25) is 0 Å². The average Bonchev–Trinajstić information content (AvgIpc) is 2.75. The Bertz CT molecular complexity index is 842. The smallest absolute Gasteiger partial charge is 0.200 e. The van der Waals surface area contributed by atoms with Crippen LogP contribution in [0.2, 0.25) is 0 Å². The van der Waals surface area contributed by atoms with Crippen LogP contribution in [0.15, 0.2) is 121 Å². The third kappa shape index (κ3) is 3.09. The SMILES string of the molecule is [H+].c1ccc(C[B-](c2ccccc2)(c2ccccc2)c2ccccc2)cc1. The van der Waals surface area contributed by atoms with E-state index in [4.69, 9.17) is 0 Å². The van der Waals surface area contributed by atoms with Crippen molar-refractivity contribution in [1.29, 1.82) is 0 Å². The van der Waals surface area contributed by atoms with Crippen LogP contribution in [0.5, 0.6) is 0 Å². The third-order valence-corrected chi connectivity index (χ3v) is 5.49. The van der Waals surface area contributed by atoms with Crippen LogP contribution in [0, 0.1) is 0 Å². The molecule has 0 bridgehead atoms. The van der Waals surface area contributed by atoms with Gasteiger partial charge in [-0.15, -0.1) is 6.32 Å². The van der Waals surface area contributed by atoms with Crippen LogP contribution in [-0.4, -0.2) is 6.15 Å². The molecule has 0 atom stereocenters. The third-order valence-electron chi connectivity index (χ3n) is 5.49. The minimum Gasteiger partial charge on any atom is -0.200 e. The first-order valence-corrected chi connectivity index (χ1v) is 9.27. The molecule has 0 heterocycles. The lowest BCUT2D eigenvalue weighted by atomic mass is 9.14. The highest BCUT2D eigenvalue weighted by atomic mass is 14.1. The van der Waals surface area contributed by atoms with E-state index in [2.05, 4.69) is 121 Å². The molecule has 4 rings (SSSR count). The summed E-state index contributed by atoms with van der Waals surface area (Å²) in [5, 5.41) is 0. The largest absolute Gasteiger partial charge is 1.00 e. The second-order valence-corrected chi connectivity index (χ2v) is 6.97. The summed E-state index contributed by atoms with van der Waals surface area (Å²) in [7, 11) is 0. The van der Waals surface area contributed by atoms with Crippen molar-refractivity contribution in [1.82, 2.24) is 0 Å². The number of hydrogen-bond acceptors (Lipinski definition) is 0. The zero-order valence-corrected chi connectivity index (χ0v) is 14.8. The van der Waals surface area contributed by atoms with Gasteiger partial charge < -0.3 is 0 Å². The predicted octanol–water partition coefficient (Wildman–Crippen LogP) is 4.05. The molecule has 0 unspecified atom stereocenters. The van der Waals surface area contributed by atoms with Crippen LogP contribution in [0.25, 0.3) is 0 Å². The van der Waals surface area contributed by atoms with Crippen LogP contribution < -0.4 is 16.4 Å². The molecule has 0 fully saturated rings. The maximum Gasteiger partial charge on any atom is 1.00 e. The van der Waals surface area contributed by atoms with Gasteiger partial charge in [-0.05, 0) is 0 Å². The summed E-state index contributed by atoms with van der Waals surface area (Å²) in [4.78, 5) is 0. The highest BCUT2D eigenvalue weighted by Gasteiger charge is 2.29. The molecule has 4 aromatic rings. The first kappa shape index (κ1) is 16.4. The lowest BCUT2D eigenvalue weighted by Gasteiger charge is -2.43. The zero-order valence-electron chi connectivity index (χ0n) is 15.8. The Kier molecular flexibility index (Phi) is 4.70. The Labute approximate surface area is 157 Å². The zero-order chi connectivity index (χ0) is 17.7. The molecule has 0 nitrogen and oxygen atoms in total. The predicted molar refractivity (Wildman–Crippen MR) is 115 cm³/mol. The molecule has 0 N–H and O–H groups in total. The maximum atomic E-state index is 2.28. The van der Waals surface area contributed by atoms with E-state index in [-0.39, 0.29) is 1.43 Å². The van der Waals surface area contributed by atoms with Gasteiger partial charge in [-0.1, -0.05) is 127 Å². The summed E-state index contributed by atoms with van der Waals surface area (Å²) >= 11 is 0. The molecule has 0 radical (unpaired) electrons. The molecule has 0 amide bonds. The fraction of sp³-hybridized carbons (Fsp3) is 0.0400. The van der Waals surface area contributed by atoms with Crippen molar-refractivity contribution in [3.63, 3.8) is 0 Å². The molecular weight excluding hydrogens is 311 g/mol. The molecule has 0 aliphatic carbocycles. The standard InChI is InChI=1S/C25H22B/c1-5-13-22(14-6-1)21-26(23-15-7-2-8-16-23,24-17-9-3-10-18-24)25-19-11-4-12-20-25/h1-20H,21H2/q-1/p+1. The van der Waals surface area contributed by atoms with E-state index in [1.165, 1.54) is 22.0 Å². The quantitative estimate of drug-likeness (QED) is 0.483. The normalized spacial score (nSPS) is 11.2. The molecule has 26 heavy (non-hydrogen) atoms. The maximum absolute atomic E-state index is 2.28. The lowest BCUT2D eigenvalue weighted by Crippen LogP contribution is -2.68. The van der Waals surface area contributed by atoms with Crippen LogP contribution in [-0.2, 0) is 6.32 Å². The van der Waals surface area contributed by atoms with E-state index < -0.39 is 6.15 Å². The second-order valence-electron chi connectivity index (χ2n) is 6.97. The van der Waals surface area contributed by atoms with Crippen molar-refractivity contribution in [3.8, 4) is 0 Å². The first-order chi connectivity index (χ1) is 12.9. The Hall–Kier alpha value is -3.06. The van der Waals surface area contributed by atoms with Gasteiger partial charge in [0.1, 0.15) is 0 Å². The van der Waals surface area contributed by atoms with E-state index >= 15 is 0 Å². The minimum atomic E-state index is -1.09. The monoisotopic (exact) mass is 334 g/mol. The minimum absolute atomic E-state index is 0. The van der Waals surface area contributed by atoms with Crippen LogP contribution in [0.1, 0.15) is 6.99 Å². The number of rotatable bonds is 5. The highest BCUT2D eigenvalue weighted by molar-refractivity contribution is 7.11. The van der Waals surface area contributed by atoms with Gasteiger partial charge in [0.25, 0.3) is 0 Å². The molecule has 0 saturated carbocycles. The van der Waals surface area contributed by atoms with Crippen molar-refractivity contribution < 1.29 is 1.43 Å². The summed E-state index contributed by atoms with van der Waals surface area (Å²) in [5.41, 5.74) is 5.51. The Morgan fingerprint density at radius 1 is 0.423 bits per heavy atom. The first-order valence-electron chi connectivity index (χ1n) is 9.27. The Balaban J connectivity index is 0.00000210. The fourth-order valence-electron chi connectivity index (χ4n) is 4.24. The van der Waals surface area contributed by atoms with Gasteiger partial charge in [0, 0.05) is 0 Å². The summed E-state index contributed by atoms with van der Waals surface area (Å²) in [5.74, 6) is 0. The Morgan fingerprint density at radius 2 is 0.731 bits per heavy atom. The molecule has 1 heteroatoms. The van der Waals surface area contributed by atoms with Crippen molar-refractivity contribution in [2.45, 2.75) is 6.32 Å². The van der Waals surface area contributed by atoms with E-state index in [1.807, 2.05) is 0 Å². The second kappa shape index (κ2) is 7.45. The summed E-state index contributed by atoms with van der Waals surface area (Å²) < 4.78 is 0. The van der Waals surface area contributed by atoms with Crippen molar-refractivity contribution in [2.75, 3.05) is 0 Å². The van der Waals surface area contributed by atoms with Gasteiger partial charge in [0.15, 0.2) is 0 Å². The van der Waals surface area contributed by atoms with E-state index in [9.17, 15) is 0 Å². The fourth-order valence-corrected chi connectivity index (χ4v) is 4.24. The molecule has 0 spiro atoms. The van der Waals surface area contributed by atoms with Crippen molar-refractivity contribution >= 4 is 22.5 Å². The van der Waals surface area contributed by atoms with Gasteiger partial charge in [0.05, 0.1) is 6.15 Å². The molecule has 0 aliphatic heterocycles. The van der Waals surface area contributed by atoms with E-state index in [1.54, 1.807) is 0 Å². The van der Waals surface area contributed by atoms with Crippen molar-refractivity contribution in [3.05, 3.63) is 127 Å².